The first-order chi connectivity index (χ1) is 49.2. The molecular formula is C71H88ClN17O14. The van der Waals surface area contributed by atoms with Crippen LogP contribution in [0.3, 0.4) is 0 Å². The Hall–Kier alpha value is -11.2. The Kier molecular flexibility index (Phi) is 27.8. The molecule has 3 saturated heterocycles. The smallest absolute Gasteiger partial charge is 0.245 e. The molecule has 3 aliphatic rings. The fourth-order valence-electron chi connectivity index (χ4n) is 12.3. The Morgan fingerprint density at radius 1 is 0.553 bits per heavy atom. The van der Waals surface area contributed by atoms with Crippen LogP contribution in [-0.4, -0.2) is 187 Å². The van der Waals surface area contributed by atoms with E-state index >= 15 is 24.0 Å². The lowest BCUT2D eigenvalue weighted by atomic mass is 9.98. The molecule has 548 valence electrons. The number of primary amides is 1. The number of guanidine groups is 1. The summed E-state index contributed by atoms with van der Waals surface area (Å²) in [5.74, 6) is -14.2. The summed E-state index contributed by atoms with van der Waals surface area (Å²) >= 11 is 6.23. The third-order valence-electron chi connectivity index (χ3n) is 17.6. The van der Waals surface area contributed by atoms with Gasteiger partial charge in [0.15, 0.2) is 5.96 Å². The van der Waals surface area contributed by atoms with Crippen molar-refractivity contribution >= 4 is 122 Å². The number of nitrogens with two attached hydrogens (primary N) is 2. The molecule has 3 aliphatic heterocycles. The van der Waals surface area contributed by atoms with Crippen molar-refractivity contribution in [2.75, 3.05) is 32.7 Å². The minimum atomic E-state index is -2.03. The highest BCUT2D eigenvalue weighted by Gasteiger charge is 2.41. The molecule has 5 aromatic rings. The van der Waals surface area contributed by atoms with Crippen molar-refractivity contribution in [2.24, 2.45) is 17.4 Å². The summed E-state index contributed by atoms with van der Waals surface area (Å²) < 4.78 is 0. The van der Waals surface area contributed by atoms with E-state index in [1.54, 1.807) is 80.6 Å². The fraction of sp³-hybridized carbons (Fsp3) is 0.423. The van der Waals surface area contributed by atoms with E-state index in [0.717, 1.165) is 28.5 Å². The van der Waals surface area contributed by atoms with Crippen LogP contribution in [0.4, 0.5) is 0 Å². The van der Waals surface area contributed by atoms with Gasteiger partial charge in [0.05, 0.1) is 19.4 Å². The summed E-state index contributed by atoms with van der Waals surface area (Å²) in [6.07, 6.45) is -2.68. The van der Waals surface area contributed by atoms with Gasteiger partial charge < -0.3 is 85.5 Å². The highest BCUT2D eigenvalue weighted by molar-refractivity contribution is 6.30. The second-order valence-corrected chi connectivity index (χ2v) is 26.6. The lowest BCUT2D eigenvalue weighted by molar-refractivity contribution is -0.142. The highest BCUT2D eigenvalue weighted by Crippen LogP contribution is 2.23. The van der Waals surface area contributed by atoms with Crippen LogP contribution in [0.15, 0.2) is 109 Å². The number of nitrogens with one attached hydrogen (secondary N) is 14. The topological polar surface area (TPSA) is 474 Å². The van der Waals surface area contributed by atoms with E-state index in [2.05, 4.69) is 69.1 Å². The van der Waals surface area contributed by atoms with Crippen LogP contribution in [-0.2, 0) is 86.4 Å². The predicted molar refractivity (Wildman–Crippen MR) is 379 cm³/mol. The van der Waals surface area contributed by atoms with Crippen molar-refractivity contribution in [1.29, 1.82) is 5.41 Å². The molecule has 32 heteroatoms. The van der Waals surface area contributed by atoms with Gasteiger partial charge in [-0.3, -0.25) is 72.5 Å². The predicted octanol–water partition coefficient (Wildman–Crippen LogP) is -1.61. The zero-order chi connectivity index (χ0) is 74.4. The van der Waals surface area contributed by atoms with Gasteiger partial charge in [0.25, 0.3) is 0 Å². The molecule has 3 heterocycles. The molecule has 14 amide bonds. The number of carbonyl (C=O) groups is 14. The first kappa shape index (κ1) is 77.5. The summed E-state index contributed by atoms with van der Waals surface area (Å²) in [5.41, 5.74) is 12.8. The minimum Gasteiger partial charge on any atom is -0.370 e. The lowest BCUT2D eigenvalue weighted by Crippen LogP contribution is -2.61. The van der Waals surface area contributed by atoms with Gasteiger partial charge in [-0.2, -0.15) is 0 Å². The Balaban J connectivity index is 1.24. The van der Waals surface area contributed by atoms with Gasteiger partial charge in [-0.15, -0.1) is 0 Å². The molecule has 0 saturated carbocycles. The largest absolute Gasteiger partial charge is 0.370 e. The van der Waals surface area contributed by atoms with Gasteiger partial charge >= 0.3 is 0 Å². The number of hydrogen-bond acceptors (Lipinski definition) is 15. The summed E-state index contributed by atoms with van der Waals surface area (Å²) in [4.78, 5) is 203. The lowest BCUT2D eigenvalue weighted by Gasteiger charge is -2.31. The number of carbonyl (C=O) groups excluding carboxylic acids is 14. The molecule has 0 aromatic heterocycles. The van der Waals surface area contributed by atoms with Crippen LogP contribution in [0.25, 0.3) is 21.5 Å². The molecule has 10 atom stereocenters. The van der Waals surface area contributed by atoms with E-state index in [0.29, 0.717) is 28.1 Å². The third kappa shape index (κ3) is 23.1. The molecule has 18 N–H and O–H groups in total. The van der Waals surface area contributed by atoms with Crippen LogP contribution in [0.5, 0.6) is 0 Å². The Labute approximate surface area is 598 Å². The number of amides is 14. The van der Waals surface area contributed by atoms with E-state index in [1.807, 2.05) is 30.3 Å². The van der Waals surface area contributed by atoms with E-state index < -0.39 is 182 Å². The first-order valence-electron chi connectivity index (χ1n) is 34.0. The molecule has 0 spiro atoms. The Morgan fingerprint density at radius 3 is 1.66 bits per heavy atom. The molecule has 0 aliphatic carbocycles. The number of benzene rings is 5. The summed E-state index contributed by atoms with van der Waals surface area (Å²) in [5, 5.41) is 44.9. The second kappa shape index (κ2) is 36.9. The van der Waals surface area contributed by atoms with Crippen LogP contribution in [0, 0.1) is 11.3 Å². The van der Waals surface area contributed by atoms with Gasteiger partial charge in [-0.05, 0) is 94.8 Å². The molecule has 31 nitrogen and oxygen atoms in total. The zero-order valence-corrected chi connectivity index (χ0v) is 58.0. The normalized spacial score (nSPS) is 23.8. The Morgan fingerprint density at radius 2 is 1.07 bits per heavy atom. The first-order valence-corrected chi connectivity index (χ1v) is 34.4. The SMILES string of the molecule is CC(=O)N[C@@H]1CC(=O)NCC(=O)NCC[C@H]2NC(=O)[C@@H](CC(=O)NC[C@H](C(N)=O)NC(=O)[C@H]3CCCN3C(=O)[C@H](CCCNC(=N)N)NC(=O)[C@@H](CC(C)C)NC(=O)[C@@H](Cc3ccc4ccccc4c3)NC2=O)NC(=O)[C@@H](Cc2ccc3ccccc3c2)NC(=O)[C@H](Cc2ccc(Cl)cc2)NC1=O. The molecule has 103 heavy (non-hydrogen) atoms. The van der Waals surface area contributed by atoms with Crippen LogP contribution in [0.2, 0.25) is 5.02 Å². The van der Waals surface area contributed by atoms with Crippen LogP contribution >= 0.6 is 11.6 Å². The van der Waals surface area contributed by atoms with Gasteiger partial charge in [-0.25, -0.2) is 0 Å². The minimum absolute atomic E-state index is 0.0176. The van der Waals surface area contributed by atoms with E-state index in [9.17, 15) is 43.2 Å². The van der Waals surface area contributed by atoms with Crippen molar-refractivity contribution in [2.45, 2.75) is 152 Å². The number of rotatable bonds is 14. The monoisotopic (exact) mass is 1440 g/mol. The van der Waals surface area contributed by atoms with Crippen molar-refractivity contribution in [1.82, 2.24) is 74.0 Å². The third-order valence-corrected chi connectivity index (χ3v) is 17.9. The molecule has 3 fully saturated rings. The average molecular weight is 1440 g/mol. The van der Waals surface area contributed by atoms with E-state index in [-0.39, 0.29) is 69.9 Å². The van der Waals surface area contributed by atoms with Crippen molar-refractivity contribution < 1.29 is 67.1 Å². The molecular weight excluding hydrogens is 1350 g/mol. The number of halogens is 1. The average Bonchev–Trinajstić information content (AvgIpc) is 1.82. The van der Waals surface area contributed by atoms with Crippen molar-refractivity contribution in [3.05, 3.63) is 131 Å². The summed E-state index contributed by atoms with van der Waals surface area (Å²) in [6.45, 7) is 2.84. The van der Waals surface area contributed by atoms with Gasteiger partial charge in [0.2, 0.25) is 82.7 Å². The standard InChI is InChI=1S/C71H88ClN17O14/c1-38(2)28-50-63(96)82-49(14-8-25-77-71(74)75)70(103)89-27-9-15-57(89)69(102)88-56(61(73)94)36-78-58(91)35-55-68(101)81-48(62(95)84-52(65(98)83-50)32-41-16-20-43-10-4-6-12-45(43)29-41)24-26-76-60(93)37-79-59(92)34-54(80-39(3)90)67(100)85-51(31-40-18-22-47(72)23-19-40)64(97)86-53(66(99)87-55)33-42-17-21-44-11-5-7-13-46(44)30-42/h4-7,10-13,16-23,29-30,38,48-57H,8-9,14-15,24-28,31-37H2,1-3H3,(H2,73,94)(H,76,93)(H,78,91)(H,79,92)(H,80,90)(H,81,101)(H,82,96)(H,83,98)(H,84,95)(H,85,100)(H,86,97)(H,87,99)(H,88,102)(H4,74,75,77)/t48-,49+,50-,51+,52-,53-,54-,55-,56-,57-/m1/s1. The maximum atomic E-state index is 15.4. The van der Waals surface area contributed by atoms with E-state index in [4.69, 9.17) is 28.5 Å². The van der Waals surface area contributed by atoms with Crippen molar-refractivity contribution in [3.63, 3.8) is 0 Å². The maximum Gasteiger partial charge on any atom is 0.245 e. The van der Waals surface area contributed by atoms with Gasteiger partial charge in [-0.1, -0.05) is 123 Å². The zero-order valence-electron chi connectivity index (χ0n) is 57.3. The molecule has 8 rings (SSSR count). The summed E-state index contributed by atoms with van der Waals surface area (Å²) in [7, 11) is 0. The second-order valence-electron chi connectivity index (χ2n) is 26.2. The molecule has 0 radical (unpaired) electrons. The Bertz CT molecular complexity index is 4030. The number of nitrogens with zero attached hydrogens (tertiary/aromatic N) is 1. The van der Waals surface area contributed by atoms with Gasteiger partial charge in [0.1, 0.15) is 60.4 Å². The maximum absolute atomic E-state index is 15.4. The number of fused-ring (bicyclic) bond motifs is 6. The van der Waals surface area contributed by atoms with Gasteiger partial charge in [0, 0.05) is 57.4 Å². The molecule has 2 bridgehead atoms. The summed E-state index contributed by atoms with van der Waals surface area (Å²) in [6, 6.07) is 15.2. The van der Waals surface area contributed by atoms with E-state index in [1.165, 1.54) is 17.0 Å². The quantitative estimate of drug-likeness (QED) is 0.0338. The fourth-order valence-corrected chi connectivity index (χ4v) is 12.5. The highest BCUT2D eigenvalue weighted by atomic mass is 35.5. The molecule has 0 unspecified atom stereocenters. The van der Waals surface area contributed by atoms with Crippen LogP contribution in [0.1, 0.15) is 88.8 Å². The number of hydrogen-bond donors (Lipinski definition) is 16. The van der Waals surface area contributed by atoms with Crippen molar-refractivity contribution in [3.8, 4) is 0 Å². The van der Waals surface area contributed by atoms with Crippen LogP contribution < -0.4 is 80.6 Å². The molecule has 5 aromatic carbocycles.